The Morgan fingerprint density at radius 2 is 1.32 bits per heavy atom. The topological polar surface area (TPSA) is 17.8 Å². The van der Waals surface area contributed by atoms with E-state index < -0.39 is 0 Å². The Morgan fingerprint density at radius 1 is 0.600 bits per heavy atom. The quantitative estimate of drug-likeness (QED) is 0.203. The van der Waals surface area contributed by atoms with E-state index in [-0.39, 0.29) is 0 Å². The van der Waals surface area contributed by atoms with E-state index in [4.69, 9.17) is 4.98 Å². The van der Waals surface area contributed by atoms with E-state index >= 15 is 0 Å². The maximum absolute atomic E-state index is 5.04. The van der Waals surface area contributed by atoms with Crippen molar-refractivity contribution in [3.63, 3.8) is 0 Å². The van der Waals surface area contributed by atoms with Gasteiger partial charge in [0.15, 0.2) is 22.6 Å². The highest BCUT2D eigenvalue weighted by atomic mass is 32.1. The van der Waals surface area contributed by atoms with Crippen LogP contribution in [0.2, 0.25) is 0 Å². The Balaban J connectivity index is 1.40. The standard InChI is InChI=1S/C36H24N3S/c1-39(31-16-9-15-30-36(31)37-22-38(30)25-12-3-2-4-13-25)32-19-24-11-6-5-10-23(24)18-27(32)28-21-35-29(20-33(28)39)26-14-7-8-17-34(26)40-35/h2-22H,1H3/q+1. The van der Waals surface area contributed by atoms with Gasteiger partial charge >= 0.3 is 0 Å². The molecular formula is C36H24N3S+. The van der Waals surface area contributed by atoms with Crippen LogP contribution in [0.4, 0.5) is 17.1 Å². The van der Waals surface area contributed by atoms with Crippen molar-refractivity contribution < 1.29 is 0 Å². The number of hydrogen-bond donors (Lipinski definition) is 0. The van der Waals surface area contributed by atoms with Gasteiger partial charge in [0.2, 0.25) is 0 Å². The van der Waals surface area contributed by atoms with Gasteiger partial charge in [-0.15, -0.1) is 11.3 Å². The Hall–Kier alpha value is -4.77. The molecule has 0 radical (unpaired) electrons. The monoisotopic (exact) mass is 530 g/mol. The molecule has 0 saturated carbocycles. The van der Waals surface area contributed by atoms with Crippen molar-refractivity contribution in [1.82, 2.24) is 14.0 Å². The number of rotatable bonds is 2. The fourth-order valence-corrected chi connectivity index (χ4v) is 7.86. The fourth-order valence-electron chi connectivity index (χ4n) is 6.73. The molecule has 0 spiro atoms. The summed E-state index contributed by atoms with van der Waals surface area (Å²) in [5.74, 6) is 0. The van der Waals surface area contributed by atoms with Crippen LogP contribution in [0, 0.1) is 0 Å². The van der Waals surface area contributed by atoms with Crippen LogP contribution in [-0.4, -0.2) is 16.6 Å². The molecule has 4 heteroatoms. The normalized spacial score (nSPS) is 16.2. The molecule has 0 saturated heterocycles. The van der Waals surface area contributed by atoms with Crippen molar-refractivity contribution in [2.24, 2.45) is 0 Å². The highest BCUT2D eigenvalue weighted by Gasteiger charge is 2.44. The summed E-state index contributed by atoms with van der Waals surface area (Å²) >= 11 is 1.88. The number of hydrogen-bond acceptors (Lipinski definition) is 2. The molecule has 0 N–H and O–H groups in total. The Kier molecular flexibility index (Phi) is 4.35. The van der Waals surface area contributed by atoms with E-state index in [0.717, 1.165) is 16.7 Å². The molecule has 3 heterocycles. The molecule has 1 unspecified atom stereocenters. The third-order valence-corrected chi connectivity index (χ3v) is 9.82. The summed E-state index contributed by atoms with van der Waals surface area (Å²) in [4.78, 5) is 5.04. The fraction of sp³-hybridized carbons (Fsp3) is 0.0278. The molecule has 9 rings (SSSR count). The molecule has 2 aromatic heterocycles. The molecule has 1 aliphatic heterocycles. The van der Waals surface area contributed by atoms with Crippen LogP contribution in [0.3, 0.4) is 0 Å². The van der Waals surface area contributed by atoms with Crippen LogP contribution in [0.25, 0.3) is 58.8 Å². The van der Waals surface area contributed by atoms with E-state index in [0.29, 0.717) is 4.48 Å². The average Bonchev–Trinajstić information content (AvgIpc) is 3.67. The number of thiophene rings is 1. The number of aromatic nitrogens is 2. The summed E-state index contributed by atoms with van der Waals surface area (Å²) in [6, 6.07) is 44.2. The first-order chi connectivity index (χ1) is 19.7. The largest absolute Gasteiger partial charge is 0.299 e. The third kappa shape index (κ3) is 2.84. The minimum absolute atomic E-state index is 0.568. The van der Waals surface area contributed by atoms with Crippen molar-refractivity contribution >= 4 is 70.4 Å². The molecule has 188 valence electrons. The first kappa shape index (κ1) is 22.1. The van der Waals surface area contributed by atoms with Crippen LogP contribution in [0.1, 0.15) is 0 Å². The predicted molar refractivity (Wildman–Crippen MR) is 170 cm³/mol. The van der Waals surface area contributed by atoms with E-state index in [2.05, 4.69) is 133 Å². The highest BCUT2D eigenvalue weighted by molar-refractivity contribution is 7.25. The molecule has 40 heavy (non-hydrogen) atoms. The second-order valence-corrected chi connectivity index (χ2v) is 11.9. The van der Waals surface area contributed by atoms with Crippen LogP contribution in [0.5, 0.6) is 0 Å². The number of nitrogens with zero attached hydrogens (tertiary/aromatic N) is 3. The van der Waals surface area contributed by atoms with Crippen molar-refractivity contribution in [3.8, 4) is 16.8 Å². The number of imidazole rings is 1. The Bertz CT molecular complexity index is 2290. The van der Waals surface area contributed by atoms with Gasteiger partial charge in [0.1, 0.15) is 6.33 Å². The van der Waals surface area contributed by atoms with Gasteiger partial charge in [-0.05, 0) is 47.2 Å². The van der Waals surface area contributed by atoms with Gasteiger partial charge in [-0.1, -0.05) is 66.7 Å². The van der Waals surface area contributed by atoms with Gasteiger partial charge in [0.25, 0.3) is 0 Å². The zero-order valence-corrected chi connectivity index (χ0v) is 22.7. The van der Waals surface area contributed by atoms with E-state index in [9.17, 15) is 0 Å². The average molecular weight is 531 g/mol. The molecule has 6 aromatic carbocycles. The van der Waals surface area contributed by atoms with Crippen molar-refractivity contribution in [2.45, 2.75) is 0 Å². The summed E-state index contributed by atoms with van der Waals surface area (Å²) in [5.41, 5.74) is 9.63. The first-order valence-corrected chi connectivity index (χ1v) is 14.4. The lowest BCUT2D eigenvalue weighted by molar-refractivity contribution is 0.648. The second-order valence-electron chi connectivity index (χ2n) is 10.8. The van der Waals surface area contributed by atoms with Gasteiger partial charge < -0.3 is 0 Å². The molecule has 0 aliphatic carbocycles. The Morgan fingerprint density at radius 3 is 2.20 bits per heavy atom. The summed E-state index contributed by atoms with van der Waals surface area (Å²) in [6.45, 7) is 0. The van der Waals surface area contributed by atoms with Crippen molar-refractivity contribution in [2.75, 3.05) is 7.05 Å². The lowest BCUT2D eigenvalue weighted by Gasteiger charge is -2.30. The van der Waals surface area contributed by atoms with Gasteiger partial charge in [0, 0.05) is 44.1 Å². The SMILES string of the molecule is C[N+]1(c2cccc3c2ncn3-c2ccccc2)c2cc3ccccc3cc2-c2cc3sc4ccccc4c3cc21. The van der Waals surface area contributed by atoms with Gasteiger partial charge in [-0.3, -0.25) is 4.57 Å². The van der Waals surface area contributed by atoms with E-state index in [1.54, 1.807) is 0 Å². The smallest absolute Gasteiger partial charge is 0.171 e. The molecule has 0 amide bonds. The van der Waals surface area contributed by atoms with Gasteiger partial charge in [-0.2, -0.15) is 0 Å². The zero-order chi connectivity index (χ0) is 26.4. The molecule has 0 fully saturated rings. The molecular weight excluding hydrogens is 506 g/mol. The third-order valence-electron chi connectivity index (χ3n) is 8.68. The van der Waals surface area contributed by atoms with Crippen LogP contribution < -0.4 is 4.48 Å². The van der Waals surface area contributed by atoms with E-state index in [1.165, 1.54) is 59.1 Å². The number of fused-ring (bicyclic) bond motifs is 8. The summed E-state index contributed by atoms with van der Waals surface area (Å²) < 4.78 is 5.43. The van der Waals surface area contributed by atoms with Gasteiger partial charge in [-0.25, -0.2) is 9.47 Å². The highest BCUT2D eigenvalue weighted by Crippen LogP contribution is 2.59. The lowest BCUT2D eigenvalue weighted by atomic mass is 10.0. The van der Waals surface area contributed by atoms with Crippen LogP contribution >= 0.6 is 11.3 Å². The number of benzene rings is 6. The minimum atomic E-state index is 0.568. The number of para-hydroxylation sites is 2. The maximum Gasteiger partial charge on any atom is 0.171 e. The summed E-state index contributed by atoms with van der Waals surface area (Å²) in [7, 11) is 2.34. The molecule has 1 aliphatic rings. The first-order valence-electron chi connectivity index (χ1n) is 13.6. The summed E-state index contributed by atoms with van der Waals surface area (Å²) in [6.07, 6.45) is 1.96. The molecule has 0 bridgehead atoms. The maximum atomic E-state index is 5.04. The second kappa shape index (κ2) is 7.89. The van der Waals surface area contributed by atoms with Crippen LogP contribution in [0.15, 0.2) is 128 Å². The zero-order valence-electron chi connectivity index (χ0n) is 21.9. The summed E-state index contributed by atoms with van der Waals surface area (Å²) in [5, 5.41) is 5.17. The van der Waals surface area contributed by atoms with Crippen molar-refractivity contribution in [3.05, 3.63) is 128 Å². The molecule has 1 atom stereocenters. The van der Waals surface area contributed by atoms with E-state index in [1.807, 2.05) is 17.7 Å². The number of quaternary nitrogens is 1. The molecule has 8 aromatic rings. The van der Waals surface area contributed by atoms with Gasteiger partial charge in [0.05, 0.1) is 23.7 Å². The Labute approximate surface area is 235 Å². The minimum Gasteiger partial charge on any atom is -0.299 e. The van der Waals surface area contributed by atoms with Crippen molar-refractivity contribution in [1.29, 1.82) is 0 Å². The lowest BCUT2D eigenvalue weighted by Crippen LogP contribution is -2.31. The van der Waals surface area contributed by atoms with Crippen LogP contribution in [-0.2, 0) is 0 Å². The predicted octanol–water partition coefficient (Wildman–Crippen LogP) is 10.1. The molecule has 3 nitrogen and oxygen atoms in total.